The minimum atomic E-state index is -0.670. The fraction of sp³-hybridized carbons (Fsp3) is 0.368. The maximum absolute atomic E-state index is 12.5. The van der Waals surface area contributed by atoms with Crippen LogP contribution in [0.1, 0.15) is 46.9 Å². The summed E-state index contributed by atoms with van der Waals surface area (Å²) < 4.78 is 2.33. The van der Waals surface area contributed by atoms with Gasteiger partial charge in [0.05, 0.1) is 6.54 Å². The van der Waals surface area contributed by atoms with Crippen LogP contribution in [0, 0.1) is 11.3 Å². The molecule has 0 atom stereocenters. The molecule has 0 unspecified atom stereocenters. The second-order valence-electron chi connectivity index (χ2n) is 6.23. The van der Waals surface area contributed by atoms with Crippen LogP contribution < -0.4 is 11.2 Å². The number of carbonyl (C=O) groups is 1. The van der Waals surface area contributed by atoms with Crippen LogP contribution in [0.5, 0.6) is 0 Å². The first kappa shape index (κ1) is 16.9. The number of nitrogens with zero attached hydrogens (tertiary/aromatic N) is 3. The Morgan fingerprint density at radius 3 is 2.60 bits per heavy atom. The highest BCUT2D eigenvalue weighted by atomic mass is 16.2. The SMILES string of the molecule is CCCc1ccc(C(=O)Cn2c(=O)c(C#N)c3n(c2=O)CCC3)cc1. The van der Waals surface area contributed by atoms with Gasteiger partial charge >= 0.3 is 5.69 Å². The van der Waals surface area contributed by atoms with Gasteiger partial charge in [0, 0.05) is 17.8 Å². The van der Waals surface area contributed by atoms with E-state index < -0.39 is 11.2 Å². The molecule has 0 amide bonds. The molecule has 0 spiro atoms. The van der Waals surface area contributed by atoms with Gasteiger partial charge in [-0.2, -0.15) is 5.26 Å². The minimum absolute atomic E-state index is 0.0248. The second-order valence-corrected chi connectivity index (χ2v) is 6.23. The van der Waals surface area contributed by atoms with Crippen LogP contribution in [0.15, 0.2) is 33.9 Å². The van der Waals surface area contributed by atoms with Gasteiger partial charge in [0.1, 0.15) is 11.6 Å². The van der Waals surface area contributed by atoms with Crippen molar-refractivity contribution < 1.29 is 4.79 Å². The zero-order valence-corrected chi connectivity index (χ0v) is 14.1. The monoisotopic (exact) mass is 337 g/mol. The van der Waals surface area contributed by atoms with Gasteiger partial charge in [0.25, 0.3) is 5.56 Å². The number of nitriles is 1. The highest BCUT2D eigenvalue weighted by molar-refractivity contribution is 5.95. The zero-order valence-electron chi connectivity index (χ0n) is 14.1. The van der Waals surface area contributed by atoms with Crippen LogP contribution in [0.3, 0.4) is 0 Å². The van der Waals surface area contributed by atoms with Crippen molar-refractivity contribution in [3.63, 3.8) is 0 Å². The van der Waals surface area contributed by atoms with Crippen molar-refractivity contribution in [2.75, 3.05) is 0 Å². The van der Waals surface area contributed by atoms with Gasteiger partial charge in [-0.15, -0.1) is 0 Å². The smallest absolute Gasteiger partial charge is 0.296 e. The number of rotatable bonds is 5. The molecular weight excluding hydrogens is 318 g/mol. The lowest BCUT2D eigenvalue weighted by atomic mass is 10.1. The highest BCUT2D eigenvalue weighted by Gasteiger charge is 2.23. The molecule has 0 radical (unpaired) electrons. The van der Waals surface area contributed by atoms with E-state index in [-0.39, 0.29) is 17.9 Å². The first-order valence-electron chi connectivity index (χ1n) is 8.45. The van der Waals surface area contributed by atoms with Crippen molar-refractivity contribution in [2.45, 2.75) is 45.7 Å². The molecule has 6 nitrogen and oxygen atoms in total. The molecule has 1 aromatic carbocycles. The molecule has 128 valence electrons. The van der Waals surface area contributed by atoms with Gasteiger partial charge in [0.2, 0.25) is 0 Å². The molecule has 2 heterocycles. The minimum Gasteiger partial charge on any atom is -0.296 e. The van der Waals surface area contributed by atoms with Gasteiger partial charge in [-0.25, -0.2) is 4.79 Å². The zero-order chi connectivity index (χ0) is 18.0. The highest BCUT2D eigenvalue weighted by Crippen LogP contribution is 2.13. The summed E-state index contributed by atoms with van der Waals surface area (Å²) in [4.78, 5) is 37.5. The van der Waals surface area contributed by atoms with Gasteiger partial charge < -0.3 is 0 Å². The Balaban J connectivity index is 1.96. The number of aryl methyl sites for hydroxylation is 1. The summed E-state index contributed by atoms with van der Waals surface area (Å²) in [7, 11) is 0. The van der Waals surface area contributed by atoms with E-state index in [1.165, 1.54) is 4.57 Å². The molecule has 0 saturated heterocycles. The molecule has 1 aliphatic rings. The molecule has 0 bridgehead atoms. The van der Waals surface area contributed by atoms with E-state index in [9.17, 15) is 19.6 Å². The summed E-state index contributed by atoms with van der Waals surface area (Å²) in [6.07, 6.45) is 3.22. The third kappa shape index (κ3) is 3.05. The molecule has 1 aliphatic heterocycles. The van der Waals surface area contributed by atoms with Gasteiger partial charge in [-0.3, -0.25) is 18.7 Å². The van der Waals surface area contributed by atoms with E-state index in [1.54, 1.807) is 12.1 Å². The molecule has 25 heavy (non-hydrogen) atoms. The van der Waals surface area contributed by atoms with Gasteiger partial charge in [-0.1, -0.05) is 37.6 Å². The Bertz CT molecular complexity index is 975. The van der Waals surface area contributed by atoms with Crippen LogP contribution in [0.2, 0.25) is 0 Å². The van der Waals surface area contributed by atoms with Crippen LogP contribution in [-0.4, -0.2) is 14.9 Å². The number of hydrogen-bond donors (Lipinski definition) is 0. The normalized spacial score (nSPS) is 12.6. The fourth-order valence-corrected chi connectivity index (χ4v) is 3.27. The average Bonchev–Trinajstić information content (AvgIpc) is 3.09. The van der Waals surface area contributed by atoms with E-state index in [0.29, 0.717) is 24.2 Å². The van der Waals surface area contributed by atoms with Crippen molar-refractivity contribution in [1.82, 2.24) is 9.13 Å². The van der Waals surface area contributed by atoms with Crippen LogP contribution in [0.4, 0.5) is 0 Å². The Morgan fingerprint density at radius 1 is 1.24 bits per heavy atom. The van der Waals surface area contributed by atoms with Crippen molar-refractivity contribution in [2.24, 2.45) is 0 Å². The number of fused-ring (bicyclic) bond motifs is 1. The van der Waals surface area contributed by atoms with Crippen LogP contribution in [-0.2, 0) is 25.9 Å². The summed E-state index contributed by atoms with van der Waals surface area (Å²) in [6.45, 7) is 2.21. The fourth-order valence-electron chi connectivity index (χ4n) is 3.27. The predicted molar refractivity (Wildman–Crippen MR) is 92.8 cm³/mol. The summed E-state index contributed by atoms with van der Waals surface area (Å²) >= 11 is 0. The van der Waals surface area contributed by atoms with Crippen molar-refractivity contribution in [3.8, 4) is 6.07 Å². The largest absolute Gasteiger partial charge is 0.331 e. The van der Waals surface area contributed by atoms with Crippen molar-refractivity contribution >= 4 is 5.78 Å². The molecule has 2 aromatic rings. The molecular formula is C19H19N3O3. The Hall–Kier alpha value is -2.94. The molecule has 6 heteroatoms. The van der Waals surface area contributed by atoms with Crippen molar-refractivity contribution in [1.29, 1.82) is 5.26 Å². The average molecular weight is 337 g/mol. The number of benzene rings is 1. The van der Waals surface area contributed by atoms with Crippen LogP contribution in [0.25, 0.3) is 0 Å². The maximum Gasteiger partial charge on any atom is 0.331 e. The lowest BCUT2D eigenvalue weighted by Gasteiger charge is -2.10. The van der Waals surface area contributed by atoms with E-state index in [0.717, 1.165) is 29.4 Å². The number of hydrogen-bond acceptors (Lipinski definition) is 4. The number of aromatic nitrogens is 2. The third-order valence-corrected chi connectivity index (χ3v) is 4.56. The Kier molecular flexibility index (Phi) is 4.66. The van der Waals surface area contributed by atoms with Gasteiger partial charge in [0.15, 0.2) is 5.78 Å². The number of ketones is 1. The number of Topliss-reactive ketones (excluding diaryl/α,β-unsaturated/α-hetero) is 1. The Morgan fingerprint density at radius 2 is 1.96 bits per heavy atom. The number of carbonyl (C=O) groups excluding carboxylic acids is 1. The van der Waals surface area contributed by atoms with E-state index in [1.807, 2.05) is 18.2 Å². The quantitative estimate of drug-likeness (QED) is 0.777. The van der Waals surface area contributed by atoms with Gasteiger partial charge in [-0.05, 0) is 24.8 Å². The van der Waals surface area contributed by atoms with E-state index in [2.05, 4.69) is 6.92 Å². The molecule has 0 fully saturated rings. The molecule has 3 rings (SSSR count). The summed E-state index contributed by atoms with van der Waals surface area (Å²) in [5.74, 6) is -0.315. The summed E-state index contributed by atoms with van der Waals surface area (Å²) in [6, 6.07) is 9.10. The molecule has 0 N–H and O–H groups in total. The molecule has 0 aliphatic carbocycles. The van der Waals surface area contributed by atoms with Crippen molar-refractivity contribution in [3.05, 3.63) is 67.5 Å². The molecule has 1 aromatic heterocycles. The lowest BCUT2D eigenvalue weighted by Crippen LogP contribution is -2.43. The first-order valence-corrected chi connectivity index (χ1v) is 8.45. The Labute approximate surface area is 145 Å². The summed E-state index contributed by atoms with van der Waals surface area (Å²) in [5, 5.41) is 9.27. The third-order valence-electron chi connectivity index (χ3n) is 4.56. The predicted octanol–water partition coefficient (Wildman–Crippen LogP) is 1.66. The lowest BCUT2D eigenvalue weighted by molar-refractivity contribution is 0.0968. The summed E-state index contributed by atoms with van der Waals surface area (Å²) in [5.41, 5.74) is 0.883. The first-order chi connectivity index (χ1) is 12.1. The molecule has 0 saturated carbocycles. The maximum atomic E-state index is 12.5. The topological polar surface area (TPSA) is 84.9 Å². The van der Waals surface area contributed by atoms with E-state index >= 15 is 0 Å². The second kappa shape index (κ2) is 6.89. The van der Waals surface area contributed by atoms with E-state index in [4.69, 9.17) is 0 Å². The van der Waals surface area contributed by atoms with Crippen LogP contribution >= 0.6 is 0 Å². The standard InChI is InChI=1S/C19H19N3O3/c1-2-4-13-6-8-14(9-7-13)17(23)12-22-18(24)15(11-20)16-5-3-10-21(16)19(22)25/h6-9H,2-5,10,12H2,1H3.